The Labute approximate surface area is 331 Å². The second-order valence-electron chi connectivity index (χ2n) is 15.5. The zero-order chi connectivity index (χ0) is 38.8. The molecule has 0 aliphatic carbocycles. The van der Waals surface area contributed by atoms with Gasteiger partial charge in [-0.15, -0.1) is 11.3 Å². The van der Waals surface area contributed by atoms with Crippen molar-refractivity contribution >= 4 is 51.5 Å². The van der Waals surface area contributed by atoms with Crippen LogP contribution in [0.25, 0.3) is 11.1 Å². The van der Waals surface area contributed by atoms with Gasteiger partial charge in [0.25, 0.3) is 11.8 Å². The third-order valence-corrected chi connectivity index (χ3v) is 12.8. The third kappa shape index (κ3) is 6.44. The number of nitrogens with zero attached hydrogens (tertiary/aromatic N) is 6. The molecule has 10 rings (SSSR count). The average molecular weight is 786 g/mol. The molecule has 3 N–H and O–H groups in total. The van der Waals surface area contributed by atoms with Gasteiger partial charge in [0, 0.05) is 84.5 Å². The SMILES string of the molecule is O=C1CCC(Nc2ccccc2CN2C[C@@H]3C[C@H]2CN3c2ccc(-c3cc(F)c4c(c3)C(=O)N(C(C(=O)Nc3nccs3)c3ncn5c3CCC5)C4)cc2)C(=O)N1. The zero-order valence-electron chi connectivity index (χ0n) is 31.0. The molecule has 4 atom stereocenters. The molecule has 5 aliphatic rings. The number of rotatable bonds is 10. The molecule has 15 heteroatoms. The molecular weight excluding hydrogens is 746 g/mol. The lowest BCUT2D eigenvalue weighted by atomic mass is 9.99. The fourth-order valence-corrected chi connectivity index (χ4v) is 9.84. The van der Waals surface area contributed by atoms with Gasteiger partial charge in [-0.25, -0.2) is 14.4 Å². The van der Waals surface area contributed by atoms with Crippen molar-refractivity contribution in [2.45, 2.75) is 75.9 Å². The molecule has 3 saturated heterocycles. The first-order valence-corrected chi connectivity index (χ1v) is 20.3. The lowest BCUT2D eigenvalue weighted by molar-refractivity contribution is -0.133. The summed E-state index contributed by atoms with van der Waals surface area (Å²) in [6.07, 6.45) is 6.84. The van der Waals surface area contributed by atoms with E-state index in [1.807, 2.05) is 34.9 Å². The normalized spacial score (nSPS) is 21.8. The molecule has 13 nitrogen and oxygen atoms in total. The van der Waals surface area contributed by atoms with Crippen LogP contribution in [-0.2, 0) is 40.4 Å². The fourth-order valence-electron chi connectivity index (χ4n) is 9.31. The molecule has 290 valence electrons. The highest BCUT2D eigenvalue weighted by Crippen LogP contribution is 2.40. The Morgan fingerprint density at radius 2 is 1.86 bits per heavy atom. The number of aryl methyl sites for hydroxylation is 1. The third-order valence-electron chi connectivity index (χ3n) is 12.1. The second-order valence-corrected chi connectivity index (χ2v) is 16.4. The minimum absolute atomic E-state index is 0.0437. The Bertz CT molecular complexity index is 2420. The molecule has 7 heterocycles. The van der Waals surface area contributed by atoms with Crippen LogP contribution in [0.5, 0.6) is 0 Å². The summed E-state index contributed by atoms with van der Waals surface area (Å²) in [5, 5.41) is 10.8. The number of benzene rings is 3. The van der Waals surface area contributed by atoms with E-state index < -0.39 is 29.7 Å². The van der Waals surface area contributed by atoms with Crippen LogP contribution in [-0.4, -0.2) is 79.2 Å². The lowest BCUT2D eigenvalue weighted by Gasteiger charge is -2.36. The van der Waals surface area contributed by atoms with Gasteiger partial charge >= 0.3 is 0 Å². The van der Waals surface area contributed by atoms with Crippen LogP contribution < -0.4 is 20.9 Å². The van der Waals surface area contributed by atoms with Crippen molar-refractivity contribution in [3.8, 4) is 11.1 Å². The van der Waals surface area contributed by atoms with Gasteiger partial charge in [0.1, 0.15) is 11.9 Å². The minimum atomic E-state index is -1.04. The number of hydrogen-bond donors (Lipinski definition) is 3. The molecule has 3 aromatic carbocycles. The van der Waals surface area contributed by atoms with Gasteiger partial charge in [0.2, 0.25) is 11.8 Å². The van der Waals surface area contributed by atoms with Crippen molar-refractivity contribution in [3.63, 3.8) is 0 Å². The Morgan fingerprint density at radius 1 is 1.00 bits per heavy atom. The van der Waals surface area contributed by atoms with Crippen molar-refractivity contribution in [2.24, 2.45) is 0 Å². The minimum Gasteiger partial charge on any atom is -0.373 e. The van der Waals surface area contributed by atoms with E-state index in [4.69, 9.17) is 0 Å². The number of aromatic nitrogens is 3. The van der Waals surface area contributed by atoms with Crippen LogP contribution in [0.15, 0.2) is 78.6 Å². The van der Waals surface area contributed by atoms with Crippen molar-refractivity contribution in [1.82, 2.24) is 29.7 Å². The smallest absolute Gasteiger partial charge is 0.255 e. The summed E-state index contributed by atoms with van der Waals surface area (Å²) in [6.45, 7) is 3.29. The molecule has 2 unspecified atom stereocenters. The van der Waals surface area contributed by atoms with Crippen LogP contribution in [0.3, 0.4) is 0 Å². The summed E-state index contributed by atoms with van der Waals surface area (Å²) in [4.78, 5) is 67.2. The van der Waals surface area contributed by atoms with Gasteiger partial charge in [-0.05, 0) is 72.7 Å². The van der Waals surface area contributed by atoms with E-state index in [0.29, 0.717) is 41.3 Å². The van der Waals surface area contributed by atoms with Gasteiger partial charge in [-0.1, -0.05) is 30.3 Å². The van der Waals surface area contributed by atoms with Crippen LogP contribution >= 0.6 is 11.3 Å². The maximum atomic E-state index is 16.0. The Balaban J connectivity index is 0.830. The maximum absolute atomic E-state index is 16.0. The summed E-state index contributed by atoms with van der Waals surface area (Å²) in [6, 6.07) is 18.6. The van der Waals surface area contributed by atoms with Crippen LogP contribution in [0.4, 0.5) is 20.9 Å². The molecule has 0 saturated carbocycles. The predicted molar refractivity (Wildman–Crippen MR) is 212 cm³/mol. The van der Waals surface area contributed by atoms with E-state index in [-0.39, 0.29) is 29.5 Å². The summed E-state index contributed by atoms with van der Waals surface area (Å²) in [5.41, 5.74) is 6.48. The van der Waals surface area contributed by atoms with E-state index in [0.717, 1.165) is 73.6 Å². The number of carbonyl (C=O) groups is 4. The number of thiazole rings is 1. The average Bonchev–Trinajstić information content (AvgIpc) is 4.07. The van der Waals surface area contributed by atoms with Crippen LogP contribution in [0.1, 0.15) is 64.6 Å². The molecule has 2 aromatic heterocycles. The largest absolute Gasteiger partial charge is 0.373 e. The van der Waals surface area contributed by atoms with Crippen molar-refractivity contribution in [3.05, 3.63) is 112 Å². The Hall–Kier alpha value is -5.93. The summed E-state index contributed by atoms with van der Waals surface area (Å²) in [7, 11) is 0. The lowest BCUT2D eigenvalue weighted by Crippen LogP contribution is -2.48. The quantitative estimate of drug-likeness (QED) is 0.165. The Morgan fingerprint density at radius 3 is 2.65 bits per heavy atom. The second kappa shape index (κ2) is 14.2. The van der Waals surface area contributed by atoms with E-state index in [9.17, 15) is 19.2 Å². The number of amides is 4. The monoisotopic (exact) mass is 785 g/mol. The number of hydrogen-bond acceptors (Lipinski definition) is 10. The van der Waals surface area contributed by atoms with Crippen molar-refractivity contribution < 1.29 is 23.6 Å². The van der Waals surface area contributed by atoms with E-state index >= 15 is 4.39 Å². The zero-order valence-corrected chi connectivity index (χ0v) is 31.8. The predicted octanol–water partition coefficient (Wildman–Crippen LogP) is 5.11. The summed E-state index contributed by atoms with van der Waals surface area (Å²) < 4.78 is 18.0. The number of nitrogens with one attached hydrogen (secondary N) is 3. The van der Waals surface area contributed by atoms with E-state index in [2.05, 4.69) is 53.9 Å². The van der Waals surface area contributed by atoms with Crippen LogP contribution in [0, 0.1) is 5.82 Å². The number of likely N-dealkylation sites (tertiary alicyclic amines) is 1. The van der Waals surface area contributed by atoms with Gasteiger partial charge in [0.05, 0.1) is 18.6 Å². The van der Waals surface area contributed by atoms with E-state index in [1.165, 1.54) is 22.3 Å². The van der Waals surface area contributed by atoms with E-state index in [1.54, 1.807) is 24.0 Å². The summed E-state index contributed by atoms with van der Waals surface area (Å²) in [5.74, 6) is -1.83. The number of halogens is 1. The molecule has 5 aromatic rings. The van der Waals surface area contributed by atoms with Crippen LogP contribution in [0.2, 0.25) is 0 Å². The highest BCUT2D eigenvalue weighted by atomic mass is 32.1. The molecule has 57 heavy (non-hydrogen) atoms. The number of imide groups is 1. The fraction of sp³-hybridized carbons (Fsp3) is 0.333. The van der Waals surface area contributed by atoms with Gasteiger partial charge in [0.15, 0.2) is 11.2 Å². The number of piperidine rings is 1. The number of fused-ring (bicyclic) bond motifs is 4. The number of imidazole rings is 1. The van der Waals surface area contributed by atoms with Gasteiger partial charge in [-0.2, -0.15) is 0 Å². The molecular formula is C42H40FN9O4S. The number of para-hydroxylation sites is 1. The topological polar surface area (TPSA) is 145 Å². The number of piperazine rings is 1. The molecule has 2 bridgehead atoms. The first kappa shape index (κ1) is 35.5. The Kier molecular flexibility index (Phi) is 8.85. The van der Waals surface area contributed by atoms with Crippen molar-refractivity contribution in [2.75, 3.05) is 28.6 Å². The molecule has 0 radical (unpaired) electrons. The highest BCUT2D eigenvalue weighted by molar-refractivity contribution is 7.13. The first-order chi connectivity index (χ1) is 27.8. The molecule has 4 amide bonds. The molecule has 3 fully saturated rings. The van der Waals surface area contributed by atoms with Crippen molar-refractivity contribution in [1.29, 1.82) is 0 Å². The maximum Gasteiger partial charge on any atom is 0.255 e. The highest BCUT2D eigenvalue weighted by Gasteiger charge is 2.44. The first-order valence-electron chi connectivity index (χ1n) is 19.4. The van der Waals surface area contributed by atoms with Gasteiger partial charge in [-0.3, -0.25) is 34.7 Å². The molecule has 5 aliphatic heterocycles. The summed E-state index contributed by atoms with van der Waals surface area (Å²) >= 11 is 1.28. The number of anilines is 3. The standard InChI is InChI=1S/C42H40FN9O4S/c43-32-17-26(16-30-31(32)22-52(41(30)56)38(40(55)48-42-44-13-15-57-42)37-35-6-3-14-49(35)23-45-37)24-7-9-27(10-8-24)51-21-28-18-29(51)20-50(28)19-25-4-1-2-5-33(25)46-34-11-12-36(53)47-39(34)54/h1-2,4-5,7-10,13,15-17,23,28-29,34,38,46H,3,6,11-12,14,18-22H2,(H,44,48,55)(H,47,53,54)/t28-,29-,34?,38?/m0/s1. The number of carbonyl (C=O) groups excluding carboxylic acids is 4. The molecule has 0 spiro atoms. The van der Waals surface area contributed by atoms with Gasteiger partial charge < -0.3 is 19.7 Å².